The molecule has 0 unspecified atom stereocenters. The van der Waals surface area contributed by atoms with Gasteiger partial charge in [0.25, 0.3) is 0 Å². The topological polar surface area (TPSA) is 21.7 Å². The third-order valence-electron chi connectivity index (χ3n) is 2.64. The van der Waals surface area contributed by atoms with Crippen LogP contribution in [0, 0.1) is 0 Å². The molecule has 1 aliphatic rings. The van der Waals surface area contributed by atoms with E-state index in [2.05, 4.69) is 20.7 Å². The third kappa shape index (κ3) is 7.23. The van der Waals surface area contributed by atoms with Gasteiger partial charge in [0.2, 0.25) is 0 Å². The van der Waals surface area contributed by atoms with Gasteiger partial charge in [0, 0.05) is 25.0 Å². The van der Waals surface area contributed by atoms with Gasteiger partial charge in [-0.1, -0.05) is 15.9 Å². The molecule has 0 aliphatic carbocycles. The molecular formula is C10H17BrF3NO2. The average Bonchev–Trinajstić information content (AvgIpc) is 2.26. The Morgan fingerprint density at radius 3 is 2.35 bits per heavy atom. The number of hydrogen-bond donors (Lipinski definition) is 0. The maximum atomic E-state index is 11.7. The predicted molar refractivity (Wildman–Crippen MR) is 61.2 cm³/mol. The zero-order valence-electron chi connectivity index (χ0n) is 9.51. The fourth-order valence-electron chi connectivity index (χ4n) is 1.80. The number of hydrogen-bond acceptors (Lipinski definition) is 3. The van der Waals surface area contributed by atoms with E-state index in [-0.39, 0.29) is 12.7 Å². The van der Waals surface area contributed by atoms with Crippen LogP contribution in [0.2, 0.25) is 0 Å². The summed E-state index contributed by atoms with van der Waals surface area (Å²) in [6, 6.07) is 0. The number of nitrogens with zero attached hydrogens (tertiary/aromatic N) is 1. The Kier molecular flexibility index (Phi) is 6.76. The highest BCUT2D eigenvalue weighted by molar-refractivity contribution is 9.09. The first-order valence-corrected chi connectivity index (χ1v) is 6.74. The summed E-state index contributed by atoms with van der Waals surface area (Å²) in [4.78, 5) is 1.97. The summed E-state index contributed by atoms with van der Waals surface area (Å²) in [5, 5.41) is 0.812. The van der Waals surface area contributed by atoms with E-state index in [1.165, 1.54) is 0 Å². The van der Waals surface area contributed by atoms with Crippen molar-refractivity contribution in [3.8, 4) is 0 Å². The maximum absolute atomic E-state index is 11.7. The quantitative estimate of drug-likeness (QED) is 0.702. The van der Waals surface area contributed by atoms with E-state index in [4.69, 9.17) is 4.74 Å². The van der Waals surface area contributed by atoms with Gasteiger partial charge in [0.05, 0.1) is 19.3 Å². The minimum Gasteiger partial charge on any atom is -0.377 e. The molecule has 0 atom stereocenters. The van der Waals surface area contributed by atoms with Gasteiger partial charge in [-0.15, -0.1) is 13.2 Å². The lowest BCUT2D eigenvalue weighted by Gasteiger charge is -2.31. The number of ether oxygens (including phenoxy) is 2. The average molecular weight is 320 g/mol. The molecule has 0 aromatic rings. The van der Waals surface area contributed by atoms with Crippen molar-refractivity contribution in [2.75, 3.05) is 38.2 Å². The summed E-state index contributed by atoms with van der Waals surface area (Å²) in [5.74, 6) is 0. The summed E-state index contributed by atoms with van der Waals surface area (Å²) < 4.78 is 44.5. The molecule has 102 valence electrons. The minimum absolute atomic E-state index is 0.243. The standard InChI is InChI=1S/C10H17BrF3NO2/c11-3-7-16-9-1-4-15(5-2-9)6-8-17-10(12,13)14/h9H,1-8H2. The van der Waals surface area contributed by atoms with Crippen LogP contribution >= 0.6 is 15.9 Å². The first-order chi connectivity index (χ1) is 8.01. The summed E-state index contributed by atoms with van der Waals surface area (Å²) in [6.45, 7) is 2.26. The highest BCUT2D eigenvalue weighted by atomic mass is 79.9. The fourth-order valence-corrected chi connectivity index (χ4v) is 1.99. The third-order valence-corrected chi connectivity index (χ3v) is 2.96. The molecule has 1 aliphatic heterocycles. The first kappa shape index (κ1) is 15.2. The van der Waals surface area contributed by atoms with Crippen molar-refractivity contribution < 1.29 is 22.6 Å². The van der Waals surface area contributed by atoms with E-state index in [9.17, 15) is 13.2 Å². The van der Waals surface area contributed by atoms with E-state index in [0.717, 1.165) is 31.3 Å². The van der Waals surface area contributed by atoms with Gasteiger partial charge in [-0.25, -0.2) is 0 Å². The second kappa shape index (κ2) is 7.56. The lowest BCUT2D eigenvalue weighted by molar-refractivity contribution is -0.325. The fraction of sp³-hybridized carbons (Fsp3) is 1.00. The van der Waals surface area contributed by atoms with Gasteiger partial charge in [-0.3, -0.25) is 4.74 Å². The molecule has 1 fully saturated rings. The van der Waals surface area contributed by atoms with Crippen molar-refractivity contribution in [3.05, 3.63) is 0 Å². The molecule has 0 aromatic heterocycles. The molecule has 3 nitrogen and oxygen atoms in total. The molecule has 0 N–H and O–H groups in total. The van der Waals surface area contributed by atoms with Gasteiger partial charge < -0.3 is 9.64 Å². The monoisotopic (exact) mass is 319 g/mol. The van der Waals surface area contributed by atoms with Crippen LogP contribution in [-0.2, 0) is 9.47 Å². The van der Waals surface area contributed by atoms with E-state index in [1.54, 1.807) is 0 Å². The smallest absolute Gasteiger partial charge is 0.377 e. The molecular weight excluding hydrogens is 303 g/mol. The SMILES string of the molecule is FC(F)(F)OCCN1CCC(OCCBr)CC1. The van der Waals surface area contributed by atoms with Crippen molar-refractivity contribution in [1.29, 1.82) is 0 Å². The highest BCUT2D eigenvalue weighted by Crippen LogP contribution is 2.17. The van der Waals surface area contributed by atoms with Crippen LogP contribution in [0.25, 0.3) is 0 Å². The van der Waals surface area contributed by atoms with E-state index in [1.807, 2.05) is 4.90 Å². The van der Waals surface area contributed by atoms with Gasteiger partial charge >= 0.3 is 6.36 Å². The van der Waals surface area contributed by atoms with Crippen LogP contribution in [-0.4, -0.2) is 55.5 Å². The zero-order chi connectivity index (χ0) is 12.7. The Labute approximate surface area is 107 Å². The van der Waals surface area contributed by atoms with E-state index < -0.39 is 6.36 Å². The molecule has 0 aromatic carbocycles. The van der Waals surface area contributed by atoms with Crippen LogP contribution in [0.15, 0.2) is 0 Å². The highest BCUT2D eigenvalue weighted by Gasteiger charge is 2.29. The second-order valence-electron chi connectivity index (χ2n) is 3.89. The van der Waals surface area contributed by atoms with Crippen molar-refractivity contribution >= 4 is 15.9 Å². The van der Waals surface area contributed by atoms with Gasteiger partial charge in [0.1, 0.15) is 0 Å². The van der Waals surface area contributed by atoms with Crippen molar-refractivity contribution in [1.82, 2.24) is 4.90 Å². The molecule has 17 heavy (non-hydrogen) atoms. The van der Waals surface area contributed by atoms with Crippen LogP contribution in [0.4, 0.5) is 13.2 Å². The zero-order valence-corrected chi connectivity index (χ0v) is 11.1. The molecule has 0 radical (unpaired) electrons. The number of alkyl halides is 4. The van der Waals surface area contributed by atoms with Crippen molar-refractivity contribution in [2.45, 2.75) is 25.3 Å². The van der Waals surface area contributed by atoms with Crippen LogP contribution in [0.1, 0.15) is 12.8 Å². The molecule has 7 heteroatoms. The largest absolute Gasteiger partial charge is 0.522 e. The van der Waals surface area contributed by atoms with Gasteiger partial charge in [0.15, 0.2) is 0 Å². The molecule has 1 rings (SSSR count). The van der Waals surface area contributed by atoms with Gasteiger partial charge in [-0.2, -0.15) is 0 Å². The van der Waals surface area contributed by atoms with Crippen LogP contribution in [0.3, 0.4) is 0 Å². The number of likely N-dealkylation sites (tertiary alicyclic amines) is 1. The van der Waals surface area contributed by atoms with Crippen molar-refractivity contribution in [2.24, 2.45) is 0 Å². The lowest BCUT2D eigenvalue weighted by Crippen LogP contribution is -2.39. The predicted octanol–water partition coefficient (Wildman–Crippen LogP) is 2.40. The summed E-state index contributed by atoms with van der Waals surface area (Å²) >= 11 is 3.28. The van der Waals surface area contributed by atoms with E-state index >= 15 is 0 Å². The number of rotatable bonds is 6. The Bertz CT molecular complexity index is 208. The molecule has 0 spiro atoms. The Hall–Kier alpha value is 0.150. The van der Waals surface area contributed by atoms with Crippen LogP contribution < -0.4 is 0 Å². The molecule has 0 bridgehead atoms. The first-order valence-electron chi connectivity index (χ1n) is 5.62. The Morgan fingerprint density at radius 1 is 1.18 bits per heavy atom. The summed E-state index contributed by atoms with van der Waals surface area (Å²) in [7, 11) is 0. The Morgan fingerprint density at radius 2 is 1.82 bits per heavy atom. The lowest BCUT2D eigenvalue weighted by atomic mass is 10.1. The Balaban J connectivity index is 2.07. The molecule has 1 heterocycles. The molecule has 0 saturated carbocycles. The number of piperidine rings is 1. The maximum Gasteiger partial charge on any atom is 0.522 e. The second-order valence-corrected chi connectivity index (χ2v) is 4.69. The van der Waals surface area contributed by atoms with Crippen LogP contribution in [0.5, 0.6) is 0 Å². The molecule has 1 saturated heterocycles. The normalized spacial score (nSPS) is 19.8. The van der Waals surface area contributed by atoms with Gasteiger partial charge in [-0.05, 0) is 12.8 Å². The summed E-state index contributed by atoms with van der Waals surface area (Å²) in [5.41, 5.74) is 0. The van der Waals surface area contributed by atoms with Crippen molar-refractivity contribution in [3.63, 3.8) is 0 Å². The minimum atomic E-state index is -4.52. The summed E-state index contributed by atoms with van der Waals surface area (Å²) in [6.07, 6.45) is -2.53. The molecule has 0 amide bonds. The number of halogens is 4. The van der Waals surface area contributed by atoms with E-state index in [0.29, 0.717) is 13.2 Å².